The van der Waals surface area contributed by atoms with Gasteiger partial charge >= 0.3 is 11.9 Å². The highest BCUT2D eigenvalue weighted by atomic mass is 16.5. The van der Waals surface area contributed by atoms with Crippen LogP contribution in [0.3, 0.4) is 0 Å². The maximum Gasteiger partial charge on any atom is 0.338 e. The minimum atomic E-state index is -0.430. The van der Waals surface area contributed by atoms with E-state index in [1.54, 1.807) is 32.1 Å². The number of carbonyl (C=O) groups excluding carboxylic acids is 2. The van der Waals surface area contributed by atoms with Crippen molar-refractivity contribution >= 4 is 11.9 Å². The number of rotatable bonds is 4. The summed E-state index contributed by atoms with van der Waals surface area (Å²) in [5.41, 5.74) is 0.823. The molecule has 0 fully saturated rings. The highest BCUT2D eigenvalue weighted by molar-refractivity contribution is 5.97. The Morgan fingerprint density at radius 3 is 2.47 bits per heavy atom. The molecule has 17 heavy (non-hydrogen) atoms. The van der Waals surface area contributed by atoms with Crippen LogP contribution in [-0.4, -0.2) is 25.2 Å². The van der Waals surface area contributed by atoms with Crippen molar-refractivity contribution in [1.29, 1.82) is 0 Å². The van der Waals surface area contributed by atoms with Crippen LogP contribution in [0.4, 0.5) is 0 Å². The van der Waals surface area contributed by atoms with E-state index in [0.717, 1.165) is 0 Å². The van der Waals surface area contributed by atoms with Gasteiger partial charge in [-0.2, -0.15) is 0 Å². The summed E-state index contributed by atoms with van der Waals surface area (Å²) in [5.74, 6) is -0.824. The second kappa shape index (κ2) is 6.68. The number of hydrogen-bond acceptors (Lipinski definition) is 4. The van der Waals surface area contributed by atoms with Crippen LogP contribution in [0.15, 0.2) is 35.5 Å². The molecule has 1 aliphatic rings. The molecule has 0 radical (unpaired) electrons. The molecule has 0 aromatic carbocycles. The fourth-order valence-corrected chi connectivity index (χ4v) is 1.37. The molecular formula is C13H16O4. The zero-order valence-electron chi connectivity index (χ0n) is 10.1. The first-order valence-corrected chi connectivity index (χ1v) is 5.60. The maximum atomic E-state index is 11.6. The van der Waals surface area contributed by atoms with Crippen molar-refractivity contribution < 1.29 is 19.1 Å². The minimum absolute atomic E-state index is 0.308. The largest absolute Gasteiger partial charge is 0.463 e. The van der Waals surface area contributed by atoms with Crippen molar-refractivity contribution in [2.45, 2.75) is 20.3 Å². The van der Waals surface area contributed by atoms with Crippen LogP contribution >= 0.6 is 0 Å². The average molecular weight is 236 g/mol. The molecule has 1 rings (SSSR count). The first-order chi connectivity index (χ1) is 8.19. The van der Waals surface area contributed by atoms with Crippen LogP contribution in [-0.2, 0) is 19.1 Å². The predicted molar refractivity (Wildman–Crippen MR) is 63.2 cm³/mol. The van der Waals surface area contributed by atoms with Gasteiger partial charge in [0.2, 0.25) is 0 Å². The molecule has 0 spiro atoms. The molecule has 0 heterocycles. The monoisotopic (exact) mass is 236 g/mol. The van der Waals surface area contributed by atoms with Crippen LogP contribution in [0, 0.1) is 0 Å². The van der Waals surface area contributed by atoms with Gasteiger partial charge in [-0.15, -0.1) is 0 Å². The Kier molecular flexibility index (Phi) is 5.20. The molecule has 1 aliphatic carbocycles. The van der Waals surface area contributed by atoms with Crippen LogP contribution in [0.1, 0.15) is 20.3 Å². The van der Waals surface area contributed by atoms with Gasteiger partial charge in [0.25, 0.3) is 0 Å². The smallest absolute Gasteiger partial charge is 0.338 e. The second-order valence-corrected chi connectivity index (χ2v) is 3.36. The first kappa shape index (κ1) is 13.2. The number of hydrogen-bond donors (Lipinski definition) is 0. The number of esters is 2. The van der Waals surface area contributed by atoms with Crippen LogP contribution in [0.5, 0.6) is 0 Å². The Morgan fingerprint density at radius 1 is 1.18 bits per heavy atom. The second-order valence-electron chi connectivity index (χ2n) is 3.36. The van der Waals surface area contributed by atoms with Crippen molar-refractivity contribution in [3.63, 3.8) is 0 Å². The van der Waals surface area contributed by atoms with Crippen LogP contribution in [0.2, 0.25) is 0 Å². The Morgan fingerprint density at radius 2 is 1.82 bits per heavy atom. The summed E-state index contributed by atoms with van der Waals surface area (Å²) in [6.45, 7) is 4.11. The molecule has 4 heteroatoms. The number of ether oxygens (including phenoxy) is 2. The topological polar surface area (TPSA) is 52.6 Å². The van der Waals surface area contributed by atoms with Crippen molar-refractivity contribution in [2.24, 2.45) is 0 Å². The van der Waals surface area contributed by atoms with E-state index >= 15 is 0 Å². The van der Waals surface area contributed by atoms with E-state index in [1.807, 2.05) is 0 Å². The van der Waals surface area contributed by atoms with Crippen molar-refractivity contribution in [3.05, 3.63) is 35.5 Å². The summed E-state index contributed by atoms with van der Waals surface area (Å²) in [6.07, 6.45) is 7.14. The molecular weight excluding hydrogens is 220 g/mol. The normalized spacial score (nSPS) is 14.5. The Hall–Kier alpha value is -1.84. The van der Waals surface area contributed by atoms with E-state index in [-0.39, 0.29) is 0 Å². The third kappa shape index (κ3) is 3.90. The molecule has 0 N–H and O–H groups in total. The molecule has 0 amide bonds. The standard InChI is InChI=1S/C13H16O4/c1-3-16-12(14)10-7-5-6-8-11(9-10)13(15)17-4-2/h5-7,9H,3-4,8H2,1-2H3. The molecule has 0 aromatic heterocycles. The lowest BCUT2D eigenvalue weighted by molar-refractivity contribution is -0.138. The van der Waals surface area contributed by atoms with Gasteiger partial charge in [0.05, 0.1) is 18.8 Å². The molecule has 92 valence electrons. The number of allylic oxidation sites excluding steroid dienone is 3. The van der Waals surface area contributed by atoms with E-state index in [0.29, 0.717) is 30.8 Å². The number of carbonyl (C=O) groups is 2. The molecule has 0 aliphatic heterocycles. The minimum Gasteiger partial charge on any atom is -0.463 e. The Labute approximate surface area is 101 Å². The molecule has 0 saturated heterocycles. The highest BCUT2D eigenvalue weighted by Gasteiger charge is 2.15. The molecule has 0 bridgehead atoms. The summed E-state index contributed by atoms with van der Waals surface area (Å²) >= 11 is 0. The lowest BCUT2D eigenvalue weighted by Crippen LogP contribution is -2.10. The predicted octanol–water partition coefficient (Wildman–Crippen LogP) is 1.93. The lowest BCUT2D eigenvalue weighted by atomic mass is 10.1. The SMILES string of the molecule is CCOC(=O)C1=CC=CCC(C(=O)OCC)=C1. The van der Waals surface area contributed by atoms with Gasteiger partial charge in [-0.1, -0.05) is 12.2 Å². The van der Waals surface area contributed by atoms with E-state index in [2.05, 4.69) is 0 Å². The van der Waals surface area contributed by atoms with Gasteiger partial charge in [0.15, 0.2) is 0 Å². The van der Waals surface area contributed by atoms with E-state index in [1.165, 1.54) is 6.08 Å². The molecule has 0 unspecified atom stereocenters. The first-order valence-electron chi connectivity index (χ1n) is 5.60. The summed E-state index contributed by atoms with van der Waals surface area (Å²) in [4.78, 5) is 23.1. The fourth-order valence-electron chi connectivity index (χ4n) is 1.37. The molecule has 0 atom stereocenters. The van der Waals surface area contributed by atoms with Crippen molar-refractivity contribution in [1.82, 2.24) is 0 Å². The zero-order valence-corrected chi connectivity index (χ0v) is 10.1. The fraction of sp³-hybridized carbons (Fsp3) is 0.385. The van der Waals surface area contributed by atoms with E-state index in [9.17, 15) is 9.59 Å². The van der Waals surface area contributed by atoms with Crippen molar-refractivity contribution in [2.75, 3.05) is 13.2 Å². The summed E-state index contributed by atoms with van der Waals surface area (Å²) in [5, 5.41) is 0. The summed E-state index contributed by atoms with van der Waals surface area (Å²) in [6, 6.07) is 0. The quantitative estimate of drug-likeness (QED) is 0.700. The Bertz CT molecular complexity index is 388. The molecule has 0 aromatic rings. The van der Waals surface area contributed by atoms with Gasteiger partial charge in [-0.3, -0.25) is 0 Å². The van der Waals surface area contributed by atoms with Gasteiger partial charge in [0, 0.05) is 5.57 Å². The molecule has 4 nitrogen and oxygen atoms in total. The molecule has 0 saturated carbocycles. The van der Waals surface area contributed by atoms with Crippen LogP contribution < -0.4 is 0 Å². The van der Waals surface area contributed by atoms with Gasteiger partial charge < -0.3 is 9.47 Å². The highest BCUT2D eigenvalue weighted by Crippen LogP contribution is 2.15. The maximum absolute atomic E-state index is 11.6. The Balaban J connectivity index is 2.86. The lowest BCUT2D eigenvalue weighted by Gasteiger charge is -2.05. The summed E-state index contributed by atoms with van der Waals surface area (Å²) < 4.78 is 9.79. The van der Waals surface area contributed by atoms with E-state index in [4.69, 9.17) is 9.47 Å². The summed E-state index contributed by atoms with van der Waals surface area (Å²) in [7, 11) is 0. The third-order valence-electron chi connectivity index (χ3n) is 2.13. The third-order valence-corrected chi connectivity index (χ3v) is 2.13. The zero-order chi connectivity index (χ0) is 12.7. The van der Waals surface area contributed by atoms with Gasteiger partial charge in [-0.25, -0.2) is 9.59 Å². The van der Waals surface area contributed by atoms with Gasteiger partial charge in [0.1, 0.15) is 0 Å². The van der Waals surface area contributed by atoms with E-state index < -0.39 is 11.9 Å². The van der Waals surface area contributed by atoms with Crippen LogP contribution in [0.25, 0.3) is 0 Å². The van der Waals surface area contributed by atoms with Crippen molar-refractivity contribution in [3.8, 4) is 0 Å². The average Bonchev–Trinajstić information content (AvgIpc) is 2.55. The van der Waals surface area contributed by atoms with Gasteiger partial charge in [-0.05, 0) is 32.4 Å².